The lowest BCUT2D eigenvalue weighted by Crippen LogP contribution is -2.46. The summed E-state index contributed by atoms with van der Waals surface area (Å²) in [5.41, 5.74) is 1.40. The first kappa shape index (κ1) is 15.3. The molecule has 0 aliphatic heterocycles. The third kappa shape index (κ3) is 2.85. The summed E-state index contributed by atoms with van der Waals surface area (Å²) in [5, 5.41) is 12.7. The third-order valence-corrected chi connectivity index (χ3v) is 3.90. The van der Waals surface area contributed by atoms with Gasteiger partial charge in [0.15, 0.2) is 0 Å². The summed E-state index contributed by atoms with van der Waals surface area (Å²) in [7, 11) is 0. The maximum Gasteiger partial charge on any atom is 0.255 e. The Labute approximate surface area is 124 Å². The molecule has 0 aliphatic rings. The van der Waals surface area contributed by atoms with E-state index < -0.39 is 5.54 Å². The topological polar surface area (TPSA) is 62.5 Å². The van der Waals surface area contributed by atoms with Crippen LogP contribution < -0.4 is 5.32 Å². The fraction of sp³-hybridized carbons (Fsp3) is 0.353. The number of hydrogen-bond acceptors (Lipinski definition) is 3. The molecule has 112 valence electrons. The van der Waals surface area contributed by atoms with E-state index in [1.807, 2.05) is 44.2 Å². The summed E-state index contributed by atoms with van der Waals surface area (Å²) >= 11 is 0. The molecule has 2 rings (SSSR count). The van der Waals surface area contributed by atoms with Crippen LogP contribution in [0.5, 0.6) is 0 Å². The van der Waals surface area contributed by atoms with Gasteiger partial charge in [-0.3, -0.25) is 4.79 Å². The molecule has 0 spiro atoms. The van der Waals surface area contributed by atoms with Crippen LogP contribution in [0.4, 0.5) is 0 Å². The minimum Gasteiger partial charge on any atom is -0.466 e. The molecular weight excluding hydrogens is 266 g/mol. The monoisotopic (exact) mass is 287 g/mol. The Morgan fingerprint density at radius 2 is 1.81 bits per heavy atom. The summed E-state index contributed by atoms with van der Waals surface area (Å²) in [6.07, 6.45) is 0. The van der Waals surface area contributed by atoms with Gasteiger partial charge in [0, 0.05) is 5.56 Å². The van der Waals surface area contributed by atoms with Gasteiger partial charge in [-0.2, -0.15) is 0 Å². The van der Waals surface area contributed by atoms with E-state index in [1.165, 1.54) is 0 Å². The predicted octanol–water partition coefficient (Wildman–Crippen LogP) is 2.84. The smallest absolute Gasteiger partial charge is 0.255 e. The zero-order valence-electron chi connectivity index (χ0n) is 12.9. The molecule has 0 saturated heterocycles. The van der Waals surface area contributed by atoms with Crippen LogP contribution in [-0.4, -0.2) is 17.6 Å². The second kappa shape index (κ2) is 5.74. The van der Waals surface area contributed by atoms with Crippen molar-refractivity contribution < 1.29 is 14.3 Å². The lowest BCUT2D eigenvalue weighted by molar-refractivity contribution is 0.0847. The molecule has 4 heteroatoms. The normalized spacial score (nSPS) is 13.8. The van der Waals surface area contributed by atoms with E-state index >= 15 is 0 Å². The van der Waals surface area contributed by atoms with Gasteiger partial charge in [-0.15, -0.1) is 0 Å². The van der Waals surface area contributed by atoms with E-state index in [0.717, 1.165) is 16.9 Å². The van der Waals surface area contributed by atoms with Crippen molar-refractivity contribution in [2.24, 2.45) is 0 Å². The molecule has 4 nitrogen and oxygen atoms in total. The maximum absolute atomic E-state index is 12.6. The van der Waals surface area contributed by atoms with Gasteiger partial charge in [0.2, 0.25) is 0 Å². The highest BCUT2D eigenvalue weighted by molar-refractivity contribution is 5.97. The first-order chi connectivity index (χ1) is 9.89. The number of amides is 1. The molecule has 1 amide bonds. The Balaban J connectivity index is 2.33. The molecule has 1 atom stereocenters. The van der Waals surface area contributed by atoms with E-state index in [4.69, 9.17) is 4.42 Å². The lowest BCUT2D eigenvalue weighted by atomic mass is 9.92. The molecule has 2 aromatic rings. The van der Waals surface area contributed by atoms with Crippen LogP contribution in [-0.2, 0) is 5.54 Å². The molecule has 1 aromatic heterocycles. The lowest BCUT2D eigenvalue weighted by Gasteiger charge is -2.29. The van der Waals surface area contributed by atoms with Gasteiger partial charge in [-0.1, -0.05) is 30.3 Å². The second-order valence-electron chi connectivity index (χ2n) is 5.52. The number of carbonyl (C=O) groups excluding carboxylic acids is 1. The highest BCUT2D eigenvalue weighted by Gasteiger charge is 2.30. The van der Waals surface area contributed by atoms with Crippen molar-refractivity contribution in [1.82, 2.24) is 5.32 Å². The molecule has 0 bridgehead atoms. The van der Waals surface area contributed by atoms with Gasteiger partial charge in [0.05, 0.1) is 17.7 Å². The largest absolute Gasteiger partial charge is 0.466 e. The number of aliphatic hydroxyl groups excluding tert-OH is 1. The van der Waals surface area contributed by atoms with Crippen molar-refractivity contribution in [2.45, 2.75) is 33.2 Å². The molecule has 1 unspecified atom stereocenters. The molecule has 0 radical (unpaired) electrons. The van der Waals surface area contributed by atoms with Crippen LogP contribution in [0.2, 0.25) is 0 Å². The number of furan rings is 1. The third-order valence-electron chi connectivity index (χ3n) is 3.90. The van der Waals surface area contributed by atoms with Gasteiger partial charge < -0.3 is 14.8 Å². The first-order valence-electron chi connectivity index (χ1n) is 6.94. The highest BCUT2D eigenvalue weighted by Crippen LogP contribution is 2.24. The fourth-order valence-electron chi connectivity index (χ4n) is 2.45. The number of hydrogen-bond donors (Lipinski definition) is 2. The Kier molecular flexibility index (Phi) is 4.19. The van der Waals surface area contributed by atoms with E-state index in [-0.39, 0.29) is 12.5 Å². The second-order valence-corrected chi connectivity index (χ2v) is 5.52. The summed E-state index contributed by atoms with van der Waals surface area (Å²) in [5.74, 6) is 1.10. The van der Waals surface area contributed by atoms with E-state index in [2.05, 4.69) is 5.32 Å². The van der Waals surface area contributed by atoms with Gasteiger partial charge in [-0.25, -0.2) is 0 Å². The number of aliphatic hydroxyl groups is 1. The van der Waals surface area contributed by atoms with Gasteiger partial charge in [0.1, 0.15) is 11.5 Å². The zero-order valence-corrected chi connectivity index (χ0v) is 12.9. The number of benzene rings is 1. The van der Waals surface area contributed by atoms with Crippen molar-refractivity contribution in [3.8, 4) is 0 Å². The van der Waals surface area contributed by atoms with Crippen LogP contribution in [0, 0.1) is 20.8 Å². The highest BCUT2D eigenvalue weighted by atomic mass is 16.3. The van der Waals surface area contributed by atoms with Crippen LogP contribution in [0.1, 0.15) is 39.9 Å². The van der Waals surface area contributed by atoms with Crippen molar-refractivity contribution >= 4 is 5.91 Å². The van der Waals surface area contributed by atoms with Crippen LogP contribution >= 0.6 is 0 Å². The molecule has 21 heavy (non-hydrogen) atoms. The van der Waals surface area contributed by atoms with Gasteiger partial charge in [0.25, 0.3) is 5.91 Å². The maximum atomic E-state index is 12.6. The number of carbonyl (C=O) groups is 1. The molecule has 0 saturated carbocycles. The quantitative estimate of drug-likeness (QED) is 0.909. The fourth-order valence-corrected chi connectivity index (χ4v) is 2.45. The van der Waals surface area contributed by atoms with Crippen molar-refractivity contribution in [3.63, 3.8) is 0 Å². The number of aryl methyl sites for hydroxylation is 2. The summed E-state index contributed by atoms with van der Waals surface area (Å²) in [4.78, 5) is 12.6. The Morgan fingerprint density at radius 1 is 1.19 bits per heavy atom. The Hall–Kier alpha value is -2.07. The molecular formula is C17H21NO3. The van der Waals surface area contributed by atoms with E-state index in [1.54, 1.807) is 13.8 Å². The SMILES string of the molecule is Cc1oc(C)c(C(=O)NC(C)(CO)c2ccccc2)c1C. The van der Waals surface area contributed by atoms with E-state index in [9.17, 15) is 9.90 Å². The minimum absolute atomic E-state index is 0.183. The average Bonchev–Trinajstić information content (AvgIpc) is 2.73. The number of nitrogens with one attached hydrogen (secondary N) is 1. The molecule has 0 fully saturated rings. The summed E-state index contributed by atoms with van der Waals surface area (Å²) in [6.45, 7) is 7.09. The molecule has 1 aromatic carbocycles. The average molecular weight is 287 g/mol. The van der Waals surface area contributed by atoms with Crippen molar-refractivity contribution in [3.05, 3.63) is 58.5 Å². The van der Waals surface area contributed by atoms with E-state index in [0.29, 0.717) is 11.3 Å². The summed E-state index contributed by atoms with van der Waals surface area (Å²) in [6, 6.07) is 9.44. The van der Waals surface area contributed by atoms with Crippen LogP contribution in [0.15, 0.2) is 34.7 Å². The molecule has 1 heterocycles. The molecule has 2 N–H and O–H groups in total. The number of rotatable bonds is 4. The van der Waals surface area contributed by atoms with Crippen molar-refractivity contribution in [1.29, 1.82) is 0 Å². The predicted molar refractivity (Wildman–Crippen MR) is 81.3 cm³/mol. The zero-order chi connectivity index (χ0) is 15.6. The van der Waals surface area contributed by atoms with Crippen LogP contribution in [0.3, 0.4) is 0 Å². The Morgan fingerprint density at radius 3 is 2.29 bits per heavy atom. The Bertz CT molecular complexity index is 646. The first-order valence-corrected chi connectivity index (χ1v) is 6.94. The molecule has 0 aliphatic carbocycles. The van der Waals surface area contributed by atoms with Crippen LogP contribution in [0.25, 0.3) is 0 Å². The standard InChI is InChI=1S/C17H21NO3/c1-11-12(2)21-13(3)15(11)16(20)18-17(4,10-19)14-8-6-5-7-9-14/h5-9,19H,10H2,1-4H3,(H,18,20). The summed E-state index contributed by atoms with van der Waals surface area (Å²) < 4.78 is 5.50. The van der Waals surface area contributed by atoms with Crippen molar-refractivity contribution in [2.75, 3.05) is 6.61 Å². The minimum atomic E-state index is -0.831. The van der Waals surface area contributed by atoms with Gasteiger partial charge in [-0.05, 0) is 33.3 Å². The van der Waals surface area contributed by atoms with Gasteiger partial charge >= 0.3 is 0 Å².